The number of carbonyl (C=O) groups is 2. The number of hydrogen-bond acceptors (Lipinski definition) is 7. The third-order valence-electron chi connectivity index (χ3n) is 3.10. The number of nitrogens with zero attached hydrogens (tertiary/aromatic N) is 3. The zero-order chi connectivity index (χ0) is 15.2. The minimum absolute atomic E-state index is 0.0735. The number of ether oxygens (including phenoxy) is 1. The van der Waals surface area contributed by atoms with Crippen LogP contribution in [0.5, 0.6) is 0 Å². The Bertz CT molecular complexity index is 498. The largest absolute Gasteiger partial charge is 0.468 e. The Kier molecular flexibility index (Phi) is 5.26. The second-order valence-electron chi connectivity index (χ2n) is 5.05. The van der Waals surface area contributed by atoms with Crippen LogP contribution in [-0.2, 0) is 14.3 Å². The predicted octanol–water partition coefficient (Wildman–Crippen LogP) is 0.770. The summed E-state index contributed by atoms with van der Waals surface area (Å²) in [6.45, 7) is 2.75. The normalized spacial score (nSPS) is 14.2. The lowest BCUT2D eigenvalue weighted by Crippen LogP contribution is -2.37. The standard InChI is InChI=1S/C13H20N4O4/c1-3-6-17(8-11(19)20-2)7-10(18)14-13-16-15-12(21-13)9-4-5-9/h9H,3-8H2,1-2H3,(H,14,16,18). The summed E-state index contributed by atoms with van der Waals surface area (Å²) in [6, 6.07) is 0.108. The highest BCUT2D eigenvalue weighted by Crippen LogP contribution is 2.39. The predicted molar refractivity (Wildman–Crippen MR) is 73.6 cm³/mol. The Morgan fingerprint density at radius 1 is 1.38 bits per heavy atom. The highest BCUT2D eigenvalue weighted by Gasteiger charge is 2.29. The van der Waals surface area contributed by atoms with Crippen LogP contribution < -0.4 is 5.32 Å². The van der Waals surface area contributed by atoms with E-state index >= 15 is 0 Å². The van der Waals surface area contributed by atoms with E-state index in [0.29, 0.717) is 18.4 Å². The fourth-order valence-electron chi connectivity index (χ4n) is 1.92. The van der Waals surface area contributed by atoms with E-state index in [0.717, 1.165) is 19.3 Å². The summed E-state index contributed by atoms with van der Waals surface area (Å²) in [5.74, 6) is 0.257. The molecule has 1 aromatic rings. The van der Waals surface area contributed by atoms with Gasteiger partial charge in [-0.1, -0.05) is 12.0 Å². The molecular formula is C13H20N4O4. The molecule has 0 saturated heterocycles. The van der Waals surface area contributed by atoms with Gasteiger partial charge in [-0.3, -0.25) is 19.8 Å². The maximum absolute atomic E-state index is 11.9. The molecule has 1 N–H and O–H groups in total. The molecule has 1 fully saturated rings. The second kappa shape index (κ2) is 7.16. The summed E-state index contributed by atoms with van der Waals surface area (Å²) in [5, 5.41) is 10.2. The van der Waals surface area contributed by atoms with Gasteiger partial charge in [0.25, 0.3) is 0 Å². The summed E-state index contributed by atoms with van der Waals surface area (Å²) in [6.07, 6.45) is 2.94. The number of amides is 1. The average Bonchev–Trinajstić information content (AvgIpc) is 3.19. The molecule has 0 spiro atoms. The Balaban J connectivity index is 1.83. The van der Waals surface area contributed by atoms with Crippen molar-refractivity contribution in [2.24, 2.45) is 0 Å². The molecule has 8 heteroatoms. The summed E-state index contributed by atoms with van der Waals surface area (Å²) in [4.78, 5) is 24.9. The van der Waals surface area contributed by atoms with E-state index in [1.165, 1.54) is 7.11 Å². The molecule has 1 amide bonds. The van der Waals surface area contributed by atoms with Crippen molar-refractivity contribution >= 4 is 17.9 Å². The number of aromatic nitrogens is 2. The van der Waals surface area contributed by atoms with Gasteiger partial charge in [-0.05, 0) is 25.8 Å². The zero-order valence-corrected chi connectivity index (χ0v) is 12.3. The van der Waals surface area contributed by atoms with Crippen LogP contribution in [0, 0.1) is 0 Å². The van der Waals surface area contributed by atoms with E-state index in [-0.39, 0.29) is 31.0 Å². The monoisotopic (exact) mass is 296 g/mol. The van der Waals surface area contributed by atoms with Gasteiger partial charge in [-0.15, -0.1) is 5.10 Å². The van der Waals surface area contributed by atoms with Gasteiger partial charge in [0.1, 0.15) is 0 Å². The van der Waals surface area contributed by atoms with E-state index in [1.807, 2.05) is 6.92 Å². The van der Waals surface area contributed by atoms with Gasteiger partial charge in [0.15, 0.2) is 0 Å². The van der Waals surface area contributed by atoms with Crippen molar-refractivity contribution in [3.63, 3.8) is 0 Å². The number of methoxy groups -OCH3 is 1. The van der Waals surface area contributed by atoms with Gasteiger partial charge in [0, 0.05) is 5.92 Å². The Morgan fingerprint density at radius 2 is 2.14 bits per heavy atom. The van der Waals surface area contributed by atoms with Crippen LogP contribution in [0.25, 0.3) is 0 Å². The summed E-state index contributed by atoms with van der Waals surface area (Å²) < 4.78 is 9.97. The van der Waals surface area contributed by atoms with Crippen LogP contribution in [0.15, 0.2) is 4.42 Å². The SMILES string of the molecule is CCCN(CC(=O)Nc1nnc(C2CC2)o1)CC(=O)OC. The van der Waals surface area contributed by atoms with Gasteiger partial charge in [0.2, 0.25) is 11.8 Å². The Hall–Kier alpha value is -1.96. The van der Waals surface area contributed by atoms with Crippen molar-refractivity contribution in [1.82, 2.24) is 15.1 Å². The highest BCUT2D eigenvalue weighted by atomic mass is 16.5. The van der Waals surface area contributed by atoms with Gasteiger partial charge < -0.3 is 9.15 Å². The maximum Gasteiger partial charge on any atom is 0.322 e. The number of rotatable bonds is 8. The van der Waals surface area contributed by atoms with Gasteiger partial charge in [-0.2, -0.15) is 0 Å². The third kappa shape index (κ3) is 4.82. The molecule has 1 aliphatic rings. The minimum atomic E-state index is -0.370. The molecule has 0 aliphatic heterocycles. The van der Waals surface area contributed by atoms with Crippen LogP contribution in [0.1, 0.15) is 38.0 Å². The lowest BCUT2D eigenvalue weighted by atomic mass is 10.4. The first-order chi connectivity index (χ1) is 10.1. The second-order valence-corrected chi connectivity index (χ2v) is 5.05. The first-order valence-electron chi connectivity index (χ1n) is 7.04. The van der Waals surface area contributed by atoms with Crippen molar-refractivity contribution in [3.05, 3.63) is 5.89 Å². The van der Waals surface area contributed by atoms with Crippen LogP contribution in [0.4, 0.5) is 6.01 Å². The molecular weight excluding hydrogens is 276 g/mol. The molecule has 1 saturated carbocycles. The van der Waals surface area contributed by atoms with Gasteiger partial charge in [-0.25, -0.2) is 0 Å². The van der Waals surface area contributed by atoms with Gasteiger partial charge in [0.05, 0.1) is 20.2 Å². The topological polar surface area (TPSA) is 97.6 Å². The lowest BCUT2D eigenvalue weighted by molar-refractivity contribution is -0.142. The maximum atomic E-state index is 11.9. The number of anilines is 1. The van der Waals surface area contributed by atoms with E-state index in [9.17, 15) is 9.59 Å². The number of carbonyl (C=O) groups excluding carboxylic acids is 2. The van der Waals surface area contributed by atoms with E-state index in [2.05, 4.69) is 20.3 Å². The molecule has 2 rings (SSSR count). The van der Waals surface area contributed by atoms with E-state index in [1.54, 1.807) is 4.90 Å². The fourth-order valence-corrected chi connectivity index (χ4v) is 1.92. The van der Waals surface area contributed by atoms with Crippen LogP contribution in [0.2, 0.25) is 0 Å². The number of esters is 1. The van der Waals surface area contributed by atoms with Crippen LogP contribution >= 0.6 is 0 Å². The summed E-state index contributed by atoms with van der Waals surface area (Å²) in [5.41, 5.74) is 0. The number of hydrogen-bond donors (Lipinski definition) is 1. The van der Waals surface area contributed by atoms with Crippen molar-refractivity contribution < 1.29 is 18.7 Å². The molecule has 0 aromatic carbocycles. The highest BCUT2D eigenvalue weighted by molar-refractivity contribution is 5.90. The molecule has 0 bridgehead atoms. The first kappa shape index (κ1) is 15.4. The van der Waals surface area contributed by atoms with E-state index < -0.39 is 0 Å². The molecule has 1 aliphatic carbocycles. The molecule has 8 nitrogen and oxygen atoms in total. The fraction of sp³-hybridized carbons (Fsp3) is 0.692. The first-order valence-corrected chi connectivity index (χ1v) is 7.04. The van der Waals surface area contributed by atoms with Crippen molar-refractivity contribution in [1.29, 1.82) is 0 Å². The molecule has 21 heavy (non-hydrogen) atoms. The van der Waals surface area contributed by atoms with Crippen molar-refractivity contribution in [2.45, 2.75) is 32.1 Å². The smallest absolute Gasteiger partial charge is 0.322 e. The Labute approximate surface area is 122 Å². The molecule has 116 valence electrons. The molecule has 0 unspecified atom stereocenters. The molecule has 0 atom stereocenters. The minimum Gasteiger partial charge on any atom is -0.468 e. The average molecular weight is 296 g/mol. The zero-order valence-electron chi connectivity index (χ0n) is 12.3. The Morgan fingerprint density at radius 3 is 2.76 bits per heavy atom. The van der Waals surface area contributed by atoms with Crippen LogP contribution in [0.3, 0.4) is 0 Å². The molecule has 0 radical (unpaired) electrons. The van der Waals surface area contributed by atoms with Gasteiger partial charge >= 0.3 is 12.0 Å². The molecule has 1 heterocycles. The molecule has 1 aromatic heterocycles. The van der Waals surface area contributed by atoms with E-state index in [4.69, 9.17) is 4.42 Å². The van der Waals surface area contributed by atoms with Crippen LogP contribution in [-0.4, -0.2) is 53.7 Å². The summed E-state index contributed by atoms with van der Waals surface area (Å²) in [7, 11) is 1.32. The third-order valence-corrected chi connectivity index (χ3v) is 3.10. The van der Waals surface area contributed by atoms with Crippen molar-refractivity contribution in [2.75, 3.05) is 32.1 Å². The lowest BCUT2D eigenvalue weighted by Gasteiger charge is -2.18. The number of nitrogens with one attached hydrogen (secondary N) is 1. The summed E-state index contributed by atoms with van der Waals surface area (Å²) >= 11 is 0. The van der Waals surface area contributed by atoms with Crippen molar-refractivity contribution in [3.8, 4) is 0 Å². The quantitative estimate of drug-likeness (QED) is 0.707.